The molecule has 1 aromatic heterocycles. The molecule has 1 aromatic carbocycles. The molecule has 144 valence electrons. The summed E-state index contributed by atoms with van der Waals surface area (Å²) in [5.41, 5.74) is 3.16. The number of benzene rings is 1. The Labute approximate surface area is 162 Å². The van der Waals surface area contributed by atoms with E-state index >= 15 is 0 Å². The van der Waals surface area contributed by atoms with Crippen LogP contribution in [0.25, 0.3) is 0 Å². The summed E-state index contributed by atoms with van der Waals surface area (Å²) in [4.78, 5) is 8.24. The lowest BCUT2D eigenvalue weighted by atomic mass is 10.2. The molecule has 1 aliphatic rings. The van der Waals surface area contributed by atoms with Crippen LogP contribution < -0.4 is 10.1 Å². The van der Waals surface area contributed by atoms with Crippen molar-refractivity contribution >= 4 is 11.3 Å². The van der Waals surface area contributed by atoms with E-state index in [1.54, 1.807) is 11.3 Å². The van der Waals surface area contributed by atoms with Gasteiger partial charge in [0.2, 0.25) is 0 Å². The molecule has 2 aromatic rings. The Hall–Kier alpha value is -1.43. The first kappa shape index (κ1) is 20.9. The van der Waals surface area contributed by atoms with Crippen molar-refractivity contribution in [3.8, 4) is 5.75 Å². The number of thiazole rings is 1. The molecule has 26 heavy (non-hydrogen) atoms. The van der Waals surface area contributed by atoms with Crippen molar-refractivity contribution in [2.75, 3.05) is 39.3 Å². The van der Waals surface area contributed by atoms with Gasteiger partial charge in [-0.3, -0.25) is 0 Å². The molecule has 1 saturated heterocycles. The highest BCUT2D eigenvalue weighted by molar-refractivity contribution is 7.09. The van der Waals surface area contributed by atoms with E-state index in [2.05, 4.69) is 29.0 Å². The van der Waals surface area contributed by atoms with Crippen LogP contribution in [-0.2, 0) is 6.42 Å². The van der Waals surface area contributed by atoms with E-state index in [9.17, 15) is 0 Å². The number of nitrogens with zero attached hydrogens (tertiary/aromatic N) is 2. The van der Waals surface area contributed by atoms with E-state index in [0.717, 1.165) is 38.3 Å². The molecule has 4 nitrogen and oxygen atoms in total. The Morgan fingerprint density at radius 2 is 1.92 bits per heavy atom. The van der Waals surface area contributed by atoms with Gasteiger partial charge >= 0.3 is 0 Å². The van der Waals surface area contributed by atoms with Crippen LogP contribution in [-0.4, -0.2) is 49.2 Å². The molecule has 0 aliphatic carbocycles. The zero-order chi connectivity index (χ0) is 18.5. The van der Waals surface area contributed by atoms with Gasteiger partial charge in [0.05, 0.1) is 17.8 Å². The Balaban J connectivity index is 0.000000190. The third kappa shape index (κ3) is 8.30. The van der Waals surface area contributed by atoms with Crippen molar-refractivity contribution in [3.05, 3.63) is 46.4 Å². The molecule has 1 N–H and O–H groups in total. The van der Waals surface area contributed by atoms with Crippen molar-refractivity contribution in [2.45, 2.75) is 39.5 Å². The normalized spacial score (nSPS) is 14.5. The minimum absolute atomic E-state index is 0.845. The number of piperazine rings is 1. The minimum Gasteiger partial charge on any atom is -0.494 e. The predicted octanol–water partition coefficient (Wildman–Crippen LogP) is 4.15. The van der Waals surface area contributed by atoms with Gasteiger partial charge in [0.15, 0.2) is 0 Å². The Morgan fingerprint density at radius 3 is 2.58 bits per heavy atom. The molecular weight excluding hydrogens is 342 g/mol. The van der Waals surface area contributed by atoms with Crippen LogP contribution in [0.5, 0.6) is 5.75 Å². The topological polar surface area (TPSA) is 37.4 Å². The summed E-state index contributed by atoms with van der Waals surface area (Å²) in [6.45, 7) is 11.0. The summed E-state index contributed by atoms with van der Waals surface area (Å²) in [6, 6.07) is 9.97. The van der Waals surface area contributed by atoms with E-state index in [1.165, 1.54) is 43.0 Å². The summed E-state index contributed by atoms with van der Waals surface area (Å²) in [7, 11) is 0. The largest absolute Gasteiger partial charge is 0.494 e. The van der Waals surface area contributed by atoms with Crippen molar-refractivity contribution in [3.63, 3.8) is 0 Å². The maximum atomic E-state index is 5.51. The summed E-state index contributed by atoms with van der Waals surface area (Å²) in [5.74, 6) is 0.980. The SMILES string of the molecule is CCCCCOc1ccccc1.Cc1ncsc1CCN1CCNCC1. The fraction of sp³-hybridized carbons (Fsp3) is 0.571. The molecule has 3 rings (SSSR count). The molecule has 5 heteroatoms. The molecule has 0 amide bonds. The van der Waals surface area contributed by atoms with Crippen molar-refractivity contribution in [1.82, 2.24) is 15.2 Å². The zero-order valence-electron chi connectivity index (χ0n) is 16.2. The summed E-state index contributed by atoms with van der Waals surface area (Å²) < 4.78 is 5.51. The molecule has 0 spiro atoms. The van der Waals surface area contributed by atoms with E-state index in [0.29, 0.717) is 0 Å². The second kappa shape index (κ2) is 12.8. The van der Waals surface area contributed by atoms with E-state index < -0.39 is 0 Å². The number of unbranched alkanes of at least 4 members (excludes halogenated alkanes) is 2. The van der Waals surface area contributed by atoms with Gasteiger partial charge in [-0.2, -0.15) is 0 Å². The number of hydrogen-bond donors (Lipinski definition) is 1. The second-order valence-electron chi connectivity index (χ2n) is 6.57. The maximum Gasteiger partial charge on any atom is 0.119 e. The zero-order valence-corrected chi connectivity index (χ0v) is 17.1. The van der Waals surface area contributed by atoms with Crippen LogP contribution in [0.4, 0.5) is 0 Å². The molecular formula is C21H33N3OS. The first-order valence-electron chi connectivity index (χ1n) is 9.79. The fourth-order valence-corrected chi connectivity index (χ4v) is 3.59. The average molecular weight is 376 g/mol. The first-order chi connectivity index (χ1) is 12.8. The second-order valence-corrected chi connectivity index (χ2v) is 7.51. The minimum atomic E-state index is 0.845. The van der Waals surface area contributed by atoms with Gasteiger partial charge < -0.3 is 15.0 Å². The van der Waals surface area contributed by atoms with E-state index in [4.69, 9.17) is 4.74 Å². The Morgan fingerprint density at radius 1 is 1.15 bits per heavy atom. The van der Waals surface area contributed by atoms with Crippen molar-refractivity contribution in [2.24, 2.45) is 0 Å². The van der Waals surface area contributed by atoms with Gasteiger partial charge in [0.25, 0.3) is 0 Å². The summed E-state index contributed by atoms with van der Waals surface area (Å²) in [6.07, 6.45) is 4.83. The molecule has 0 radical (unpaired) electrons. The van der Waals surface area contributed by atoms with Crippen molar-refractivity contribution in [1.29, 1.82) is 0 Å². The summed E-state index contributed by atoms with van der Waals surface area (Å²) in [5, 5.41) is 3.37. The standard InChI is InChI=1S/C11H16O.C10H17N3S/c1-2-3-7-10-12-11-8-5-4-6-9-11;1-9-10(14-8-12-9)2-5-13-6-3-11-4-7-13/h4-6,8-9H,2-3,7,10H2,1H3;8,11H,2-7H2,1H3. The molecule has 0 saturated carbocycles. The average Bonchev–Trinajstić information content (AvgIpc) is 3.11. The van der Waals surface area contributed by atoms with Crippen LogP contribution in [0.3, 0.4) is 0 Å². The smallest absolute Gasteiger partial charge is 0.119 e. The molecule has 2 heterocycles. The van der Waals surface area contributed by atoms with Crippen LogP contribution in [0.2, 0.25) is 0 Å². The highest BCUT2D eigenvalue weighted by Crippen LogP contribution is 2.13. The maximum absolute atomic E-state index is 5.51. The van der Waals surface area contributed by atoms with Crippen LogP contribution >= 0.6 is 11.3 Å². The van der Waals surface area contributed by atoms with Crippen LogP contribution in [0, 0.1) is 6.92 Å². The monoisotopic (exact) mass is 375 g/mol. The highest BCUT2D eigenvalue weighted by Gasteiger charge is 2.10. The third-order valence-electron chi connectivity index (χ3n) is 4.47. The molecule has 0 bridgehead atoms. The lowest BCUT2D eigenvalue weighted by molar-refractivity contribution is 0.244. The lowest BCUT2D eigenvalue weighted by Crippen LogP contribution is -2.44. The Kier molecular flexibility index (Phi) is 10.3. The van der Waals surface area contributed by atoms with Gasteiger partial charge in [-0.25, -0.2) is 4.98 Å². The molecule has 0 unspecified atom stereocenters. The van der Waals surface area contributed by atoms with E-state index in [-0.39, 0.29) is 0 Å². The van der Waals surface area contributed by atoms with E-state index in [1.807, 2.05) is 35.8 Å². The van der Waals surface area contributed by atoms with Crippen molar-refractivity contribution < 1.29 is 4.74 Å². The fourth-order valence-electron chi connectivity index (χ4n) is 2.82. The van der Waals surface area contributed by atoms with Gasteiger partial charge in [-0.1, -0.05) is 38.0 Å². The molecule has 1 fully saturated rings. The number of aryl methyl sites for hydroxylation is 1. The van der Waals surface area contributed by atoms with Gasteiger partial charge in [-0.05, 0) is 31.9 Å². The van der Waals surface area contributed by atoms with Crippen LogP contribution in [0.15, 0.2) is 35.8 Å². The number of aromatic nitrogens is 1. The Bertz CT molecular complexity index is 582. The lowest BCUT2D eigenvalue weighted by Gasteiger charge is -2.26. The van der Waals surface area contributed by atoms with Crippen LogP contribution in [0.1, 0.15) is 36.8 Å². The molecule has 0 atom stereocenters. The first-order valence-corrected chi connectivity index (χ1v) is 10.7. The number of ether oxygens (including phenoxy) is 1. The van der Waals surface area contributed by atoms with Gasteiger partial charge in [0.1, 0.15) is 5.75 Å². The third-order valence-corrected chi connectivity index (χ3v) is 5.46. The number of nitrogens with one attached hydrogen (secondary N) is 1. The highest BCUT2D eigenvalue weighted by atomic mass is 32.1. The molecule has 1 aliphatic heterocycles. The summed E-state index contributed by atoms with van der Waals surface area (Å²) >= 11 is 1.78. The number of rotatable bonds is 8. The quantitative estimate of drug-likeness (QED) is 0.703. The van der Waals surface area contributed by atoms with Gasteiger partial charge in [0, 0.05) is 37.6 Å². The number of para-hydroxylation sites is 1. The number of hydrogen-bond acceptors (Lipinski definition) is 5. The predicted molar refractivity (Wildman–Crippen MR) is 111 cm³/mol. The van der Waals surface area contributed by atoms with Gasteiger partial charge in [-0.15, -0.1) is 11.3 Å².